The Morgan fingerprint density at radius 3 is 2.81 bits per heavy atom. The number of carbonyl (C=O) groups is 2. The Hall–Kier alpha value is -2.93. The predicted octanol–water partition coefficient (Wildman–Crippen LogP) is 3.47. The monoisotopic (exact) mass is 611 g/mol. The highest BCUT2D eigenvalue weighted by molar-refractivity contribution is 14.1. The minimum atomic E-state index is -0.966. The second kappa shape index (κ2) is 11.6. The van der Waals surface area contributed by atoms with Crippen LogP contribution in [-0.2, 0) is 22.6 Å². The fourth-order valence-corrected chi connectivity index (χ4v) is 4.21. The maximum Gasteiger partial charge on any atom is 0.408 e. The summed E-state index contributed by atoms with van der Waals surface area (Å²) in [6, 6.07) is 11.6. The van der Waals surface area contributed by atoms with Gasteiger partial charge in [0.05, 0.1) is 16.1 Å². The lowest BCUT2D eigenvalue weighted by atomic mass is 10.1. The third kappa shape index (κ3) is 7.05. The molecule has 0 radical (unpaired) electrons. The molecular formula is C21H19BrIN5O4. The normalized spacial score (nSPS) is 11.8. The smallest absolute Gasteiger partial charge is 0.408 e. The molecule has 4 N–H and O–H groups in total. The molecule has 0 aliphatic heterocycles. The van der Waals surface area contributed by atoms with Gasteiger partial charge >= 0.3 is 6.09 Å². The molecular weight excluding hydrogens is 593 g/mol. The number of hydrazone groups is 1. The van der Waals surface area contributed by atoms with Crippen molar-refractivity contribution in [2.24, 2.45) is 5.10 Å². The van der Waals surface area contributed by atoms with Gasteiger partial charge in [-0.1, -0.05) is 46.3 Å². The first-order chi connectivity index (χ1) is 15.4. The summed E-state index contributed by atoms with van der Waals surface area (Å²) in [4.78, 5) is 31.8. The van der Waals surface area contributed by atoms with Gasteiger partial charge in [0.1, 0.15) is 18.4 Å². The summed E-state index contributed by atoms with van der Waals surface area (Å²) in [6.45, 7) is 0.0734. The number of aromatic amines is 1. The fourth-order valence-electron chi connectivity index (χ4n) is 2.66. The number of alkyl carbamates (subject to hydrolysis) is 1. The highest BCUT2D eigenvalue weighted by atomic mass is 127. The van der Waals surface area contributed by atoms with E-state index in [1.807, 2.05) is 52.9 Å². The van der Waals surface area contributed by atoms with Gasteiger partial charge in [0.2, 0.25) is 0 Å². The average molecular weight is 612 g/mol. The highest BCUT2D eigenvalue weighted by Crippen LogP contribution is 2.27. The molecule has 0 saturated heterocycles. The largest absolute Gasteiger partial charge is 0.506 e. The van der Waals surface area contributed by atoms with Crippen molar-refractivity contribution in [1.82, 2.24) is 20.7 Å². The number of phenolic OH excluding ortho intramolecular Hbond substituents is 1. The number of nitrogens with zero attached hydrogens (tertiary/aromatic N) is 2. The van der Waals surface area contributed by atoms with Crippen LogP contribution in [0.2, 0.25) is 0 Å². The maximum atomic E-state index is 12.7. The second-order valence-electron chi connectivity index (χ2n) is 6.60. The number of carbonyl (C=O) groups excluding carboxylic acids is 2. The van der Waals surface area contributed by atoms with Crippen molar-refractivity contribution in [2.45, 2.75) is 19.1 Å². The van der Waals surface area contributed by atoms with Crippen molar-refractivity contribution in [3.8, 4) is 5.75 Å². The fraction of sp³-hybridized carbons (Fsp3) is 0.143. The van der Waals surface area contributed by atoms with Crippen molar-refractivity contribution in [3.05, 3.63) is 79.9 Å². The third-order valence-corrected chi connectivity index (χ3v) is 5.52. The molecule has 0 saturated carbocycles. The van der Waals surface area contributed by atoms with E-state index in [1.54, 1.807) is 18.3 Å². The molecule has 0 aliphatic rings. The highest BCUT2D eigenvalue weighted by Gasteiger charge is 2.22. The van der Waals surface area contributed by atoms with Gasteiger partial charge < -0.3 is 20.1 Å². The number of phenols is 1. The number of amides is 2. The molecule has 1 atom stereocenters. The minimum Gasteiger partial charge on any atom is -0.506 e. The van der Waals surface area contributed by atoms with E-state index in [9.17, 15) is 14.7 Å². The number of rotatable bonds is 8. The van der Waals surface area contributed by atoms with Crippen LogP contribution in [-0.4, -0.2) is 39.3 Å². The third-order valence-electron chi connectivity index (χ3n) is 4.24. The lowest BCUT2D eigenvalue weighted by molar-refractivity contribution is -0.123. The van der Waals surface area contributed by atoms with Crippen LogP contribution in [0.25, 0.3) is 0 Å². The van der Waals surface area contributed by atoms with Gasteiger partial charge in [-0.05, 0) is 40.3 Å². The molecule has 0 spiro atoms. The van der Waals surface area contributed by atoms with Crippen LogP contribution in [0.15, 0.2) is 64.6 Å². The van der Waals surface area contributed by atoms with E-state index >= 15 is 0 Å². The number of imidazole rings is 1. The lowest BCUT2D eigenvalue weighted by Crippen LogP contribution is -2.47. The Kier molecular flexibility index (Phi) is 8.62. The van der Waals surface area contributed by atoms with Crippen LogP contribution < -0.4 is 10.7 Å². The number of halogens is 2. The van der Waals surface area contributed by atoms with Crippen molar-refractivity contribution in [3.63, 3.8) is 0 Å². The molecule has 2 aromatic carbocycles. The van der Waals surface area contributed by atoms with Gasteiger partial charge in [-0.25, -0.2) is 15.2 Å². The Morgan fingerprint density at radius 1 is 1.31 bits per heavy atom. The lowest BCUT2D eigenvalue weighted by Gasteiger charge is -2.16. The first-order valence-electron chi connectivity index (χ1n) is 9.37. The molecule has 11 heteroatoms. The van der Waals surface area contributed by atoms with Gasteiger partial charge in [0, 0.05) is 28.3 Å². The zero-order valence-corrected chi connectivity index (χ0v) is 20.3. The van der Waals surface area contributed by atoms with Gasteiger partial charge in [-0.15, -0.1) is 0 Å². The van der Waals surface area contributed by atoms with E-state index in [4.69, 9.17) is 4.74 Å². The van der Waals surface area contributed by atoms with E-state index in [1.165, 1.54) is 12.5 Å². The van der Waals surface area contributed by atoms with Crippen molar-refractivity contribution in [1.29, 1.82) is 0 Å². The summed E-state index contributed by atoms with van der Waals surface area (Å²) in [6.07, 6.45) is 3.77. The average Bonchev–Trinajstić information content (AvgIpc) is 3.29. The molecule has 3 aromatic rings. The number of hydrogen-bond acceptors (Lipinski definition) is 6. The molecule has 0 aliphatic carbocycles. The number of nitrogens with one attached hydrogen (secondary N) is 3. The van der Waals surface area contributed by atoms with Crippen LogP contribution in [0.1, 0.15) is 16.8 Å². The first kappa shape index (κ1) is 23.7. The molecule has 32 heavy (non-hydrogen) atoms. The summed E-state index contributed by atoms with van der Waals surface area (Å²) in [5.41, 5.74) is 4.28. The molecule has 0 bridgehead atoms. The quantitative estimate of drug-likeness (QED) is 0.176. The summed E-state index contributed by atoms with van der Waals surface area (Å²) >= 11 is 5.34. The molecule has 3 rings (SSSR count). The summed E-state index contributed by atoms with van der Waals surface area (Å²) in [5, 5.41) is 16.6. The van der Waals surface area contributed by atoms with Gasteiger partial charge in [-0.2, -0.15) is 5.10 Å². The van der Waals surface area contributed by atoms with Gasteiger partial charge in [0.15, 0.2) is 0 Å². The zero-order valence-electron chi connectivity index (χ0n) is 16.6. The van der Waals surface area contributed by atoms with E-state index in [0.29, 0.717) is 14.8 Å². The standard InChI is InChI=1S/C21H19BrIN5O4/c22-15-6-14(19(29)17(23)7-15)9-26-28-20(30)18(8-16-10-24-12-25-16)27-21(31)32-11-13-4-2-1-3-5-13/h1-7,9-10,12,18,29H,8,11H2,(H,24,25)(H,27,31)(H,28,30)/b26-9-/t18-/m0/s1. The van der Waals surface area contributed by atoms with Crippen molar-refractivity contribution >= 4 is 56.7 Å². The first-order valence-corrected chi connectivity index (χ1v) is 11.2. The number of ether oxygens (including phenoxy) is 1. The topological polar surface area (TPSA) is 129 Å². The van der Waals surface area contributed by atoms with E-state index < -0.39 is 18.0 Å². The number of H-pyrrole nitrogens is 1. The second-order valence-corrected chi connectivity index (χ2v) is 8.68. The predicted molar refractivity (Wildman–Crippen MR) is 130 cm³/mol. The number of aromatic nitrogens is 2. The molecule has 9 nitrogen and oxygen atoms in total. The molecule has 166 valence electrons. The Bertz CT molecular complexity index is 1090. The van der Waals surface area contributed by atoms with Crippen LogP contribution >= 0.6 is 38.5 Å². The maximum absolute atomic E-state index is 12.7. The molecule has 1 aromatic heterocycles. The molecule has 0 unspecified atom stereocenters. The van der Waals surface area contributed by atoms with E-state index in [2.05, 4.69) is 41.7 Å². The minimum absolute atomic E-state index is 0.0448. The van der Waals surface area contributed by atoms with Crippen LogP contribution in [0.4, 0.5) is 4.79 Å². The van der Waals surface area contributed by atoms with Gasteiger partial charge in [-0.3, -0.25) is 4.79 Å². The van der Waals surface area contributed by atoms with Crippen molar-refractivity contribution in [2.75, 3.05) is 0 Å². The molecule has 1 heterocycles. The number of hydrogen-bond donors (Lipinski definition) is 4. The van der Waals surface area contributed by atoms with Gasteiger partial charge in [0.25, 0.3) is 5.91 Å². The Balaban J connectivity index is 1.63. The van der Waals surface area contributed by atoms with Crippen LogP contribution in [0.5, 0.6) is 5.75 Å². The van der Waals surface area contributed by atoms with Crippen LogP contribution in [0, 0.1) is 3.57 Å². The summed E-state index contributed by atoms with van der Waals surface area (Å²) < 4.78 is 6.60. The number of aromatic hydroxyl groups is 1. The zero-order chi connectivity index (χ0) is 22.9. The van der Waals surface area contributed by atoms with E-state index in [0.717, 1.165) is 10.0 Å². The van der Waals surface area contributed by atoms with Crippen LogP contribution in [0.3, 0.4) is 0 Å². The summed E-state index contributed by atoms with van der Waals surface area (Å²) in [5.74, 6) is -0.514. The van der Waals surface area contributed by atoms with E-state index in [-0.39, 0.29) is 18.8 Å². The SMILES string of the molecule is O=C(N[C@@H](Cc1cnc[nH]1)C(=O)N/N=C\c1cc(Br)cc(I)c1O)OCc1ccccc1. The van der Waals surface area contributed by atoms with Crippen molar-refractivity contribution < 1.29 is 19.4 Å². The Morgan fingerprint density at radius 2 is 2.09 bits per heavy atom. The molecule has 0 fully saturated rings. The number of benzene rings is 2. The molecule has 2 amide bonds. The Labute approximate surface area is 205 Å². The summed E-state index contributed by atoms with van der Waals surface area (Å²) in [7, 11) is 0.